The lowest BCUT2D eigenvalue weighted by molar-refractivity contribution is -0.118. The normalized spacial score (nSPS) is 24.6. The second-order valence-electron chi connectivity index (χ2n) is 5.14. The number of methoxy groups -OCH3 is 2. The van der Waals surface area contributed by atoms with E-state index in [-0.39, 0.29) is 25.0 Å². The lowest BCUT2D eigenvalue weighted by Crippen LogP contribution is -2.48. The molecule has 0 unspecified atom stereocenters. The number of carbonyl (C=O) groups excluding carboxylic acids is 1. The molecule has 2 rings (SSSR count). The summed E-state index contributed by atoms with van der Waals surface area (Å²) in [4.78, 5) is 12.2. The molecule has 1 heterocycles. The fraction of sp³-hybridized carbons (Fsp3) is 0.533. The molecule has 0 saturated carbocycles. The van der Waals surface area contributed by atoms with Crippen LogP contribution >= 0.6 is 0 Å². The van der Waals surface area contributed by atoms with Crippen molar-refractivity contribution in [3.8, 4) is 11.5 Å². The number of ether oxygens (including phenoxy) is 3. The quantitative estimate of drug-likeness (QED) is 0.697. The molecule has 1 amide bonds. The predicted octanol–water partition coefficient (Wildman–Crippen LogP) is -0.198. The summed E-state index contributed by atoms with van der Waals surface area (Å²) in [5, 5.41) is 22.1. The number of hydrogen-bond acceptors (Lipinski definition) is 6. The molecule has 0 aliphatic carbocycles. The topological polar surface area (TPSA) is 97.3 Å². The van der Waals surface area contributed by atoms with Gasteiger partial charge >= 0.3 is 0 Å². The fourth-order valence-corrected chi connectivity index (χ4v) is 2.33. The monoisotopic (exact) mass is 311 g/mol. The maximum Gasteiger partial charge on any atom is 0.251 e. The van der Waals surface area contributed by atoms with Crippen LogP contribution in [-0.2, 0) is 4.74 Å². The number of carbonyl (C=O) groups is 1. The molecule has 1 aliphatic rings. The number of hydrogen-bond donors (Lipinski definition) is 3. The van der Waals surface area contributed by atoms with Crippen LogP contribution in [0.25, 0.3) is 0 Å². The molecular formula is C15H21NO6. The van der Waals surface area contributed by atoms with Crippen molar-refractivity contribution >= 4 is 5.91 Å². The molecule has 0 radical (unpaired) electrons. The van der Waals surface area contributed by atoms with Gasteiger partial charge in [0, 0.05) is 18.0 Å². The molecular weight excluding hydrogens is 290 g/mol. The average Bonchev–Trinajstić information content (AvgIpc) is 2.55. The van der Waals surface area contributed by atoms with Crippen LogP contribution in [0.5, 0.6) is 11.5 Å². The van der Waals surface area contributed by atoms with Crippen LogP contribution in [0, 0.1) is 5.92 Å². The first-order chi connectivity index (χ1) is 10.6. The van der Waals surface area contributed by atoms with Gasteiger partial charge in [-0.1, -0.05) is 0 Å². The summed E-state index contributed by atoms with van der Waals surface area (Å²) in [6.07, 6.45) is -1.82. The molecule has 7 heteroatoms. The number of amides is 1. The molecule has 1 aliphatic heterocycles. The minimum atomic E-state index is -0.920. The second kappa shape index (κ2) is 7.44. The largest absolute Gasteiger partial charge is 0.493 e. The van der Waals surface area contributed by atoms with E-state index in [1.54, 1.807) is 18.2 Å². The average molecular weight is 311 g/mol. The van der Waals surface area contributed by atoms with Crippen LogP contribution in [0.2, 0.25) is 0 Å². The van der Waals surface area contributed by atoms with Crippen molar-refractivity contribution in [3.05, 3.63) is 23.8 Å². The van der Waals surface area contributed by atoms with Crippen LogP contribution in [-0.4, -0.2) is 62.3 Å². The summed E-state index contributed by atoms with van der Waals surface area (Å²) in [6.45, 7) is 0.622. The highest BCUT2D eigenvalue weighted by molar-refractivity contribution is 5.94. The zero-order chi connectivity index (χ0) is 16.1. The number of aliphatic hydroxyl groups excluding tert-OH is 2. The molecule has 1 aromatic rings. The minimum Gasteiger partial charge on any atom is -0.493 e. The van der Waals surface area contributed by atoms with E-state index < -0.39 is 12.2 Å². The molecule has 1 fully saturated rings. The first-order valence-electron chi connectivity index (χ1n) is 7.01. The second-order valence-corrected chi connectivity index (χ2v) is 5.14. The zero-order valence-electron chi connectivity index (χ0n) is 12.6. The maximum atomic E-state index is 12.2. The Morgan fingerprint density at radius 1 is 1.27 bits per heavy atom. The van der Waals surface area contributed by atoms with Gasteiger partial charge < -0.3 is 29.7 Å². The highest BCUT2D eigenvalue weighted by Gasteiger charge is 2.31. The third kappa shape index (κ3) is 3.68. The van der Waals surface area contributed by atoms with Gasteiger partial charge in [-0.15, -0.1) is 0 Å². The van der Waals surface area contributed by atoms with Gasteiger partial charge in [-0.25, -0.2) is 0 Å². The summed E-state index contributed by atoms with van der Waals surface area (Å²) in [5.74, 6) is 0.367. The molecule has 22 heavy (non-hydrogen) atoms. The van der Waals surface area contributed by atoms with E-state index in [2.05, 4.69) is 5.32 Å². The molecule has 7 nitrogen and oxygen atoms in total. The van der Waals surface area contributed by atoms with Crippen molar-refractivity contribution < 1.29 is 29.2 Å². The van der Waals surface area contributed by atoms with Gasteiger partial charge in [0.1, 0.15) is 6.10 Å². The number of aliphatic hydroxyl groups is 2. The van der Waals surface area contributed by atoms with Crippen molar-refractivity contribution in [2.24, 2.45) is 5.92 Å². The van der Waals surface area contributed by atoms with E-state index in [1.807, 2.05) is 0 Å². The van der Waals surface area contributed by atoms with E-state index in [1.165, 1.54) is 14.2 Å². The van der Waals surface area contributed by atoms with E-state index in [4.69, 9.17) is 14.2 Å². The van der Waals surface area contributed by atoms with Gasteiger partial charge in [0.15, 0.2) is 11.5 Å². The Morgan fingerprint density at radius 2 is 2.00 bits per heavy atom. The Labute approximate surface area is 128 Å². The van der Waals surface area contributed by atoms with E-state index in [0.717, 1.165) is 0 Å². The zero-order valence-corrected chi connectivity index (χ0v) is 12.6. The van der Waals surface area contributed by atoms with Crippen molar-refractivity contribution in [3.63, 3.8) is 0 Å². The highest BCUT2D eigenvalue weighted by Crippen LogP contribution is 2.27. The van der Waals surface area contributed by atoms with Gasteiger partial charge in [0.05, 0.1) is 33.5 Å². The third-order valence-electron chi connectivity index (χ3n) is 3.67. The molecule has 3 N–H and O–H groups in total. The van der Waals surface area contributed by atoms with Gasteiger partial charge in [-0.05, 0) is 18.2 Å². The molecule has 0 aromatic heterocycles. The fourth-order valence-electron chi connectivity index (χ4n) is 2.33. The molecule has 1 aromatic carbocycles. The standard InChI is InChI=1S/C15H21NO6/c1-20-12-4-3-9(5-13(12)21-2)15(19)16-6-10-7-22-8-11(17)14(10)18/h3-5,10-11,14,17-18H,6-8H2,1-2H3,(H,16,19)/t10-,11-,14+/m1/s1. The number of rotatable bonds is 5. The minimum absolute atomic E-state index is 0.112. The lowest BCUT2D eigenvalue weighted by atomic mass is 9.96. The van der Waals surface area contributed by atoms with Crippen molar-refractivity contribution in [1.29, 1.82) is 0 Å². The van der Waals surface area contributed by atoms with Crippen molar-refractivity contribution in [2.45, 2.75) is 12.2 Å². The lowest BCUT2D eigenvalue weighted by Gasteiger charge is -2.31. The van der Waals surface area contributed by atoms with E-state index in [0.29, 0.717) is 23.7 Å². The van der Waals surface area contributed by atoms with Gasteiger partial charge in [0.2, 0.25) is 0 Å². The summed E-state index contributed by atoms with van der Waals surface area (Å²) >= 11 is 0. The SMILES string of the molecule is COc1ccc(C(=O)NC[C@@H]2COC[C@@H](O)[C@H]2O)cc1OC. The molecule has 0 spiro atoms. The van der Waals surface area contributed by atoms with Crippen molar-refractivity contribution in [2.75, 3.05) is 34.0 Å². The molecule has 3 atom stereocenters. The summed E-state index contributed by atoms with van der Waals surface area (Å²) in [5.41, 5.74) is 0.421. The van der Waals surface area contributed by atoms with Crippen LogP contribution in [0.15, 0.2) is 18.2 Å². The van der Waals surface area contributed by atoms with E-state index in [9.17, 15) is 15.0 Å². The molecule has 1 saturated heterocycles. The number of benzene rings is 1. The first-order valence-corrected chi connectivity index (χ1v) is 7.01. The Balaban J connectivity index is 1.97. The predicted molar refractivity (Wildman–Crippen MR) is 78.2 cm³/mol. The van der Waals surface area contributed by atoms with Crippen LogP contribution < -0.4 is 14.8 Å². The maximum absolute atomic E-state index is 12.2. The Kier molecular flexibility index (Phi) is 5.59. The van der Waals surface area contributed by atoms with E-state index >= 15 is 0 Å². The highest BCUT2D eigenvalue weighted by atomic mass is 16.5. The Morgan fingerprint density at radius 3 is 2.68 bits per heavy atom. The van der Waals surface area contributed by atoms with Gasteiger partial charge in [0.25, 0.3) is 5.91 Å². The van der Waals surface area contributed by atoms with Crippen LogP contribution in [0.1, 0.15) is 10.4 Å². The third-order valence-corrected chi connectivity index (χ3v) is 3.67. The molecule has 0 bridgehead atoms. The summed E-state index contributed by atoms with van der Waals surface area (Å²) in [6, 6.07) is 4.85. The summed E-state index contributed by atoms with van der Waals surface area (Å²) < 4.78 is 15.4. The molecule has 122 valence electrons. The van der Waals surface area contributed by atoms with Crippen LogP contribution in [0.4, 0.5) is 0 Å². The van der Waals surface area contributed by atoms with Crippen molar-refractivity contribution in [1.82, 2.24) is 5.32 Å². The van der Waals surface area contributed by atoms with Crippen LogP contribution in [0.3, 0.4) is 0 Å². The Bertz CT molecular complexity index is 521. The van der Waals surface area contributed by atoms with Gasteiger partial charge in [-0.2, -0.15) is 0 Å². The Hall–Kier alpha value is -1.83. The summed E-state index contributed by atoms with van der Waals surface area (Å²) in [7, 11) is 3.02. The smallest absolute Gasteiger partial charge is 0.251 e. The first kappa shape index (κ1) is 16.5. The number of nitrogens with one attached hydrogen (secondary N) is 1. The van der Waals surface area contributed by atoms with Gasteiger partial charge in [-0.3, -0.25) is 4.79 Å².